The lowest BCUT2D eigenvalue weighted by Gasteiger charge is -2.27. The van der Waals surface area contributed by atoms with Gasteiger partial charge >= 0.3 is 11.9 Å². The number of carbonyl (C=O) groups excluding carboxylic acids is 2. The molecule has 0 aromatic rings. The number of hydrogen-bond acceptors (Lipinski definition) is 6. The van der Waals surface area contributed by atoms with Crippen molar-refractivity contribution in [3.8, 4) is 0 Å². The zero-order chi connectivity index (χ0) is 51.8. The maximum atomic E-state index is 12.5. The Balaban J connectivity index is 1.68. The van der Waals surface area contributed by atoms with Crippen molar-refractivity contribution in [2.75, 3.05) is 26.4 Å². The molecule has 0 aromatic heterocycles. The van der Waals surface area contributed by atoms with Crippen LogP contribution in [0.1, 0.15) is 360 Å². The highest BCUT2D eigenvalue weighted by Crippen LogP contribution is 2.25. The summed E-state index contributed by atoms with van der Waals surface area (Å²) >= 11 is 0. The second-order valence-corrected chi connectivity index (χ2v) is 23.5. The Hall–Kier alpha value is -1.40. The number of allylic oxidation sites excluding steroid dienone is 2. The third-order valence-electron chi connectivity index (χ3n) is 16.3. The number of unbranched alkanes of at least 4 members (excludes halogenated alkanes) is 51. The van der Waals surface area contributed by atoms with Crippen LogP contribution in [0.3, 0.4) is 0 Å². The third-order valence-corrected chi connectivity index (χ3v) is 16.3. The van der Waals surface area contributed by atoms with Crippen LogP contribution in [0.5, 0.6) is 0 Å². The summed E-state index contributed by atoms with van der Waals surface area (Å²) in [6.07, 6.45) is 80.3. The predicted molar refractivity (Wildman–Crippen MR) is 311 cm³/mol. The van der Waals surface area contributed by atoms with Crippen LogP contribution in [0.15, 0.2) is 12.2 Å². The predicted octanol–water partition coefficient (Wildman–Crippen LogP) is 20.7. The second-order valence-electron chi connectivity index (χ2n) is 23.5. The van der Waals surface area contributed by atoms with Crippen molar-refractivity contribution in [2.24, 2.45) is 11.3 Å². The fraction of sp³-hybridized carbons (Fsp3) is 0.939. The molecule has 1 unspecified atom stereocenters. The summed E-state index contributed by atoms with van der Waals surface area (Å²) < 4.78 is 10.6. The Labute approximate surface area is 449 Å². The van der Waals surface area contributed by atoms with Crippen LogP contribution in [0.2, 0.25) is 0 Å². The number of aliphatic hydroxyl groups is 2. The molecule has 0 spiro atoms. The average molecular weight is 1020 g/mol. The van der Waals surface area contributed by atoms with Crippen molar-refractivity contribution in [2.45, 2.75) is 360 Å². The summed E-state index contributed by atoms with van der Waals surface area (Å²) in [7, 11) is 0. The second kappa shape index (κ2) is 55.8. The fourth-order valence-electron chi connectivity index (χ4n) is 11.0. The van der Waals surface area contributed by atoms with E-state index in [0.29, 0.717) is 6.42 Å². The van der Waals surface area contributed by atoms with E-state index in [1.54, 1.807) is 0 Å². The van der Waals surface area contributed by atoms with Crippen LogP contribution in [-0.4, -0.2) is 48.6 Å². The van der Waals surface area contributed by atoms with E-state index < -0.39 is 36.5 Å². The molecule has 1 rings (SSSR count). The zero-order valence-corrected chi connectivity index (χ0v) is 48.5. The molecule has 426 valence electrons. The Morgan fingerprint density at radius 3 is 0.861 bits per heavy atom. The number of hydrogen-bond donors (Lipinski definition) is 2. The molecule has 1 fully saturated rings. The molecule has 6 nitrogen and oxygen atoms in total. The monoisotopic (exact) mass is 1010 g/mol. The van der Waals surface area contributed by atoms with Crippen LogP contribution in [0.4, 0.5) is 0 Å². The van der Waals surface area contributed by atoms with Crippen molar-refractivity contribution >= 4 is 11.9 Å². The summed E-state index contributed by atoms with van der Waals surface area (Å²) in [6, 6.07) is 0. The van der Waals surface area contributed by atoms with Crippen LogP contribution >= 0.6 is 0 Å². The van der Waals surface area contributed by atoms with Gasteiger partial charge in [0.05, 0.1) is 31.0 Å². The molecule has 0 radical (unpaired) electrons. The van der Waals surface area contributed by atoms with Crippen molar-refractivity contribution < 1.29 is 29.3 Å². The van der Waals surface area contributed by atoms with E-state index in [-0.39, 0.29) is 19.6 Å². The minimum absolute atomic E-state index is 0.0185. The first-order valence-corrected chi connectivity index (χ1v) is 32.8. The van der Waals surface area contributed by atoms with Gasteiger partial charge in [-0.3, -0.25) is 9.59 Å². The first-order valence-electron chi connectivity index (χ1n) is 32.8. The van der Waals surface area contributed by atoms with Gasteiger partial charge in [-0.25, -0.2) is 0 Å². The molecule has 6 heteroatoms. The topological polar surface area (TPSA) is 93.1 Å². The maximum absolute atomic E-state index is 12.5. The van der Waals surface area contributed by atoms with E-state index in [4.69, 9.17) is 9.47 Å². The first-order chi connectivity index (χ1) is 35.6. The van der Waals surface area contributed by atoms with E-state index in [1.807, 2.05) is 0 Å². The number of esters is 2. The molecule has 0 aliphatic carbocycles. The quantitative estimate of drug-likeness (QED) is 0.0358. The lowest BCUT2D eigenvalue weighted by Crippen LogP contribution is -2.40. The van der Waals surface area contributed by atoms with Gasteiger partial charge in [0.15, 0.2) is 0 Å². The molecule has 0 bridgehead atoms. The molecular weight excluding hydrogens is 889 g/mol. The van der Waals surface area contributed by atoms with Gasteiger partial charge in [0.2, 0.25) is 0 Å². The summed E-state index contributed by atoms with van der Waals surface area (Å²) in [6.45, 7) is 1.17. The van der Waals surface area contributed by atoms with Crippen LogP contribution in [0.25, 0.3) is 0 Å². The highest BCUT2D eigenvalue weighted by molar-refractivity contribution is 5.80. The number of rotatable bonds is 57. The fourth-order valence-corrected chi connectivity index (χ4v) is 11.0. The summed E-state index contributed by atoms with van der Waals surface area (Å²) in [5, 5.41) is 19.2. The SMILES string of the molecule is CCCCCCCCCCCCCCCCCCCCCCCCCCCCCCCCCCCCCCCCCCCCCCCCCCCC/C=C/CCCC1CC(=O)OCC(CO)(CO)COC1=O. The Kier molecular flexibility index (Phi) is 53.2. The van der Waals surface area contributed by atoms with Crippen LogP contribution in [0, 0.1) is 11.3 Å². The van der Waals surface area contributed by atoms with Gasteiger partial charge in [0.1, 0.15) is 13.2 Å². The van der Waals surface area contributed by atoms with Crippen LogP contribution < -0.4 is 0 Å². The van der Waals surface area contributed by atoms with Crippen LogP contribution in [-0.2, 0) is 19.1 Å². The number of aliphatic hydroxyl groups excluding tert-OH is 2. The highest BCUT2D eigenvalue weighted by atomic mass is 16.6. The van der Waals surface area contributed by atoms with Gasteiger partial charge in [-0.15, -0.1) is 0 Å². The standard InChI is InChI=1S/C66H126O6/c1-2-3-4-5-6-7-8-9-10-11-12-13-14-15-16-17-18-19-20-21-22-23-24-25-26-27-28-29-30-31-32-33-34-35-36-37-38-39-40-41-42-43-44-45-46-47-48-49-50-51-52-53-54-55-56-57-63-58-64(69)71-61-66(59-67,60-68)62-72-65(63)70/h53-54,63,67-68H,2-52,55-62H2,1H3/b54-53+. The molecule has 1 atom stereocenters. The van der Waals surface area contributed by atoms with Crippen molar-refractivity contribution in [1.82, 2.24) is 0 Å². The van der Waals surface area contributed by atoms with Gasteiger partial charge in [0, 0.05) is 0 Å². The van der Waals surface area contributed by atoms with Crippen molar-refractivity contribution in [3.63, 3.8) is 0 Å². The van der Waals surface area contributed by atoms with E-state index in [0.717, 1.165) is 19.3 Å². The normalized spacial score (nSPS) is 15.2. The lowest BCUT2D eigenvalue weighted by atomic mass is 9.92. The van der Waals surface area contributed by atoms with Crippen molar-refractivity contribution in [3.05, 3.63) is 12.2 Å². The molecule has 1 heterocycles. The molecule has 0 aromatic carbocycles. The number of ether oxygens (including phenoxy) is 2. The molecule has 1 aliphatic rings. The minimum atomic E-state index is -1.13. The Bertz CT molecular complexity index is 1130. The minimum Gasteiger partial charge on any atom is -0.465 e. The molecule has 1 saturated heterocycles. The van der Waals surface area contributed by atoms with Crippen molar-refractivity contribution in [1.29, 1.82) is 0 Å². The van der Waals surface area contributed by atoms with Gasteiger partial charge in [-0.1, -0.05) is 334 Å². The molecule has 1 aliphatic heterocycles. The highest BCUT2D eigenvalue weighted by Gasteiger charge is 2.36. The van der Waals surface area contributed by atoms with Gasteiger partial charge in [0.25, 0.3) is 0 Å². The van der Waals surface area contributed by atoms with Gasteiger partial charge in [-0.2, -0.15) is 0 Å². The molecule has 0 amide bonds. The molecular formula is C66H126O6. The molecule has 2 N–H and O–H groups in total. The lowest BCUT2D eigenvalue weighted by molar-refractivity contribution is -0.155. The average Bonchev–Trinajstić information content (AvgIpc) is 3.45. The first kappa shape index (κ1) is 68.6. The van der Waals surface area contributed by atoms with E-state index in [9.17, 15) is 19.8 Å². The zero-order valence-electron chi connectivity index (χ0n) is 48.5. The van der Waals surface area contributed by atoms with E-state index >= 15 is 0 Å². The summed E-state index contributed by atoms with van der Waals surface area (Å²) in [4.78, 5) is 24.7. The van der Waals surface area contributed by atoms with E-state index in [2.05, 4.69) is 19.1 Å². The Morgan fingerprint density at radius 1 is 0.361 bits per heavy atom. The maximum Gasteiger partial charge on any atom is 0.309 e. The van der Waals surface area contributed by atoms with E-state index in [1.165, 1.54) is 321 Å². The van der Waals surface area contributed by atoms with Gasteiger partial charge in [-0.05, 0) is 32.1 Å². The Morgan fingerprint density at radius 2 is 0.597 bits per heavy atom. The third kappa shape index (κ3) is 47.1. The number of cyclic esters (lactones) is 2. The summed E-state index contributed by atoms with van der Waals surface area (Å²) in [5.74, 6) is -1.47. The smallest absolute Gasteiger partial charge is 0.309 e. The summed E-state index contributed by atoms with van der Waals surface area (Å²) in [5.41, 5.74) is -1.13. The largest absolute Gasteiger partial charge is 0.465 e. The van der Waals surface area contributed by atoms with Gasteiger partial charge < -0.3 is 19.7 Å². The molecule has 0 saturated carbocycles. The molecule has 72 heavy (non-hydrogen) atoms. The number of carbonyl (C=O) groups is 2.